The van der Waals surface area contributed by atoms with Crippen LogP contribution in [0.3, 0.4) is 0 Å². The van der Waals surface area contributed by atoms with Crippen molar-refractivity contribution in [2.45, 2.75) is 0 Å². The summed E-state index contributed by atoms with van der Waals surface area (Å²) in [4.78, 5) is 0. The van der Waals surface area contributed by atoms with Crippen LogP contribution in [0.2, 0.25) is 0 Å². The molecule has 0 bridgehead atoms. The molecule has 0 saturated heterocycles. The molecule has 0 radical (unpaired) electrons. The maximum atomic E-state index is 4.28. The predicted molar refractivity (Wildman–Crippen MR) is 70.1 cm³/mol. The first kappa shape index (κ1) is 10.6. The average Bonchev–Trinajstić information content (AvgIpc) is 3.01. The van der Waals surface area contributed by atoms with Gasteiger partial charge in [0.25, 0.3) is 0 Å². The number of nitrogens with one attached hydrogen (secondary N) is 1. The van der Waals surface area contributed by atoms with E-state index in [9.17, 15) is 0 Å². The van der Waals surface area contributed by atoms with Crippen molar-refractivity contribution in [3.05, 3.63) is 55.0 Å². The summed E-state index contributed by atoms with van der Waals surface area (Å²) in [5, 5.41) is 11.7. The van der Waals surface area contributed by atoms with E-state index in [0.29, 0.717) is 0 Å². The number of aryl methyl sites for hydroxylation is 1. The quantitative estimate of drug-likeness (QED) is 0.763. The minimum atomic E-state index is 0.829. The molecule has 18 heavy (non-hydrogen) atoms. The average molecular weight is 239 g/mol. The molecule has 0 saturated carbocycles. The zero-order valence-corrected chi connectivity index (χ0v) is 9.99. The van der Waals surface area contributed by atoms with Gasteiger partial charge in [0.15, 0.2) is 5.82 Å². The standard InChI is InChI=1S/C13H13N5/c1-17-9-6-13(16-17)15-11-4-2-5-12(10-11)18-8-3-7-14-18/h2-10H,1H3,(H,15,16). The van der Waals surface area contributed by atoms with Crippen LogP contribution in [-0.4, -0.2) is 19.6 Å². The van der Waals surface area contributed by atoms with E-state index in [0.717, 1.165) is 17.2 Å². The van der Waals surface area contributed by atoms with Crippen LogP contribution in [-0.2, 0) is 7.05 Å². The molecule has 90 valence electrons. The summed E-state index contributed by atoms with van der Waals surface area (Å²) in [6.07, 6.45) is 5.58. The Bertz CT molecular complexity index is 639. The lowest BCUT2D eigenvalue weighted by atomic mass is 10.3. The van der Waals surface area contributed by atoms with Crippen molar-refractivity contribution in [3.63, 3.8) is 0 Å². The third kappa shape index (κ3) is 2.10. The van der Waals surface area contributed by atoms with Crippen molar-refractivity contribution in [1.82, 2.24) is 19.6 Å². The van der Waals surface area contributed by atoms with Gasteiger partial charge in [0, 0.05) is 37.4 Å². The molecule has 0 aliphatic carbocycles. The van der Waals surface area contributed by atoms with Gasteiger partial charge >= 0.3 is 0 Å². The van der Waals surface area contributed by atoms with Gasteiger partial charge in [-0.3, -0.25) is 4.68 Å². The fourth-order valence-corrected chi connectivity index (χ4v) is 1.78. The molecule has 2 aromatic heterocycles. The number of aromatic nitrogens is 4. The van der Waals surface area contributed by atoms with Gasteiger partial charge in [-0.15, -0.1) is 0 Å². The molecule has 3 aromatic rings. The molecule has 0 aliphatic rings. The van der Waals surface area contributed by atoms with Crippen LogP contribution < -0.4 is 5.32 Å². The van der Waals surface area contributed by atoms with Crippen LogP contribution in [0.25, 0.3) is 5.69 Å². The van der Waals surface area contributed by atoms with Crippen molar-refractivity contribution >= 4 is 11.5 Å². The van der Waals surface area contributed by atoms with Crippen LogP contribution in [0.4, 0.5) is 11.5 Å². The maximum absolute atomic E-state index is 4.28. The third-order valence-electron chi connectivity index (χ3n) is 2.60. The van der Waals surface area contributed by atoms with Crippen molar-refractivity contribution in [2.75, 3.05) is 5.32 Å². The molecule has 5 nitrogen and oxygen atoms in total. The minimum Gasteiger partial charge on any atom is -0.339 e. The second-order valence-electron chi connectivity index (χ2n) is 4.00. The molecular weight excluding hydrogens is 226 g/mol. The van der Waals surface area contributed by atoms with Gasteiger partial charge in [-0.2, -0.15) is 10.2 Å². The molecule has 1 N–H and O–H groups in total. The summed E-state index contributed by atoms with van der Waals surface area (Å²) >= 11 is 0. The summed E-state index contributed by atoms with van der Waals surface area (Å²) in [5.41, 5.74) is 2.00. The van der Waals surface area contributed by atoms with Crippen LogP contribution in [0, 0.1) is 0 Å². The molecule has 3 rings (SSSR count). The molecule has 0 spiro atoms. The van der Waals surface area contributed by atoms with E-state index in [2.05, 4.69) is 15.5 Å². The largest absolute Gasteiger partial charge is 0.339 e. The van der Waals surface area contributed by atoms with E-state index in [1.807, 2.05) is 60.5 Å². The Morgan fingerprint density at radius 1 is 1.11 bits per heavy atom. The van der Waals surface area contributed by atoms with E-state index in [-0.39, 0.29) is 0 Å². The molecule has 5 heteroatoms. The van der Waals surface area contributed by atoms with Gasteiger partial charge in [0.2, 0.25) is 0 Å². The van der Waals surface area contributed by atoms with E-state index >= 15 is 0 Å². The Morgan fingerprint density at radius 3 is 2.78 bits per heavy atom. The first-order valence-electron chi connectivity index (χ1n) is 5.68. The maximum Gasteiger partial charge on any atom is 0.152 e. The monoisotopic (exact) mass is 239 g/mol. The Balaban J connectivity index is 1.87. The SMILES string of the molecule is Cn1ccc(Nc2cccc(-n3cccn3)c2)n1. The Kier molecular flexibility index (Phi) is 2.57. The first-order chi connectivity index (χ1) is 8.81. The molecular formula is C13H13N5. The van der Waals surface area contributed by atoms with E-state index in [1.165, 1.54) is 0 Å². The van der Waals surface area contributed by atoms with Crippen molar-refractivity contribution in [2.24, 2.45) is 7.05 Å². The zero-order chi connectivity index (χ0) is 12.4. The number of anilines is 2. The summed E-state index contributed by atoms with van der Waals surface area (Å²) < 4.78 is 3.59. The van der Waals surface area contributed by atoms with Gasteiger partial charge in [-0.25, -0.2) is 4.68 Å². The Hall–Kier alpha value is -2.56. The Labute approximate surface area is 105 Å². The molecule has 0 atom stereocenters. The number of benzene rings is 1. The number of nitrogens with zero attached hydrogens (tertiary/aromatic N) is 4. The number of hydrogen-bond acceptors (Lipinski definition) is 3. The third-order valence-corrected chi connectivity index (χ3v) is 2.60. The molecule has 0 amide bonds. The van der Waals surface area contributed by atoms with Crippen LogP contribution in [0.1, 0.15) is 0 Å². The van der Waals surface area contributed by atoms with E-state index in [1.54, 1.807) is 10.9 Å². The molecule has 0 fully saturated rings. The minimum absolute atomic E-state index is 0.829. The van der Waals surface area contributed by atoms with Crippen molar-refractivity contribution < 1.29 is 0 Å². The highest BCUT2D eigenvalue weighted by Crippen LogP contribution is 2.17. The summed E-state index contributed by atoms with van der Waals surface area (Å²) in [5.74, 6) is 0.829. The van der Waals surface area contributed by atoms with Crippen LogP contribution >= 0.6 is 0 Å². The smallest absolute Gasteiger partial charge is 0.152 e. The van der Waals surface area contributed by atoms with Gasteiger partial charge in [-0.05, 0) is 24.3 Å². The summed E-state index contributed by atoms with van der Waals surface area (Å²) in [6, 6.07) is 11.9. The van der Waals surface area contributed by atoms with Gasteiger partial charge in [0.05, 0.1) is 5.69 Å². The van der Waals surface area contributed by atoms with Gasteiger partial charge in [-0.1, -0.05) is 6.07 Å². The first-order valence-corrected chi connectivity index (χ1v) is 5.68. The Morgan fingerprint density at radius 2 is 2.06 bits per heavy atom. The fourth-order valence-electron chi connectivity index (χ4n) is 1.78. The second-order valence-corrected chi connectivity index (χ2v) is 4.00. The predicted octanol–water partition coefficient (Wildman–Crippen LogP) is 2.35. The van der Waals surface area contributed by atoms with E-state index < -0.39 is 0 Å². The number of hydrogen-bond donors (Lipinski definition) is 1. The lowest BCUT2D eigenvalue weighted by Gasteiger charge is -2.06. The molecule has 0 unspecified atom stereocenters. The highest BCUT2D eigenvalue weighted by molar-refractivity contribution is 5.59. The molecule has 2 heterocycles. The number of rotatable bonds is 3. The van der Waals surface area contributed by atoms with Crippen molar-refractivity contribution in [1.29, 1.82) is 0 Å². The molecule has 1 aromatic carbocycles. The highest BCUT2D eigenvalue weighted by atomic mass is 15.3. The van der Waals surface area contributed by atoms with Crippen LogP contribution in [0.15, 0.2) is 55.0 Å². The lowest BCUT2D eigenvalue weighted by Crippen LogP contribution is -1.97. The van der Waals surface area contributed by atoms with E-state index in [4.69, 9.17) is 0 Å². The van der Waals surface area contributed by atoms with Gasteiger partial charge in [0.1, 0.15) is 0 Å². The second kappa shape index (κ2) is 4.37. The zero-order valence-electron chi connectivity index (χ0n) is 9.99. The lowest BCUT2D eigenvalue weighted by molar-refractivity contribution is 0.771. The van der Waals surface area contributed by atoms with Crippen LogP contribution in [0.5, 0.6) is 0 Å². The van der Waals surface area contributed by atoms with Crippen molar-refractivity contribution in [3.8, 4) is 5.69 Å². The summed E-state index contributed by atoms with van der Waals surface area (Å²) in [6.45, 7) is 0. The summed E-state index contributed by atoms with van der Waals surface area (Å²) in [7, 11) is 1.89. The molecule has 0 aliphatic heterocycles. The normalized spacial score (nSPS) is 10.5. The topological polar surface area (TPSA) is 47.7 Å². The highest BCUT2D eigenvalue weighted by Gasteiger charge is 2.00. The fraction of sp³-hybridized carbons (Fsp3) is 0.0769. The van der Waals surface area contributed by atoms with Gasteiger partial charge < -0.3 is 5.32 Å².